The Balaban J connectivity index is 1.82. The molecule has 1 saturated carbocycles. The quantitative estimate of drug-likeness (QED) is 0.740. The summed E-state index contributed by atoms with van der Waals surface area (Å²) in [5.41, 5.74) is 0. The first kappa shape index (κ1) is 10.9. The second-order valence-electron chi connectivity index (χ2n) is 4.90. The molecule has 0 aromatic heterocycles. The summed E-state index contributed by atoms with van der Waals surface area (Å²) < 4.78 is 0. The molecule has 2 fully saturated rings. The Bertz CT molecular complexity index is 216. The molecule has 2 N–H and O–H groups in total. The van der Waals surface area contributed by atoms with Gasteiger partial charge in [-0.15, -0.1) is 0 Å². The van der Waals surface area contributed by atoms with Crippen molar-refractivity contribution in [2.45, 2.75) is 57.5 Å². The zero-order chi connectivity index (χ0) is 10.7. The highest BCUT2D eigenvalue weighted by atomic mass is 16.2. The Morgan fingerprint density at radius 1 is 1.40 bits per heavy atom. The van der Waals surface area contributed by atoms with Crippen LogP contribution in [0.1, 0.15) is 45.4 Å². The predicted molar refractivity (Wildman–Crippen MR) is 60.6 cm³/mol. The Morgan fingerprint density at radius 3 is 2.93 bits per heavy atom. The van der Waals surface area contributed by atoms with Crippen LogP contribution in [0.4, 0.5) is 0 Å². The van der Waals surface area contributed by atoms with Crippen molar-refractivity contribution in [1.82, 2.24) is 10.6 Å². The average molecular weight is 210 g/mol. The highest BCUT2D eigenvalue weighted by molar-refractivity contribution is 5.82. The molecule has 2 rings (SSSR count). The lowest BCUT2D eigenvalue weighted by molar-refractivity contribution is -0.122. The Kier molecular flexibility index (Phi) is 3.62. The SMILES string of the molecule is CCCNC(=O)[C@@H]1C[C@@H]2CCCC[C@@H]2N1. The molecule has 15 heavy (non-hydrogen) atoms. The first-order chi connectivity index (χ1) is 7.31. The number of hydrogen-bond donors (Lipinski definition) is 2. The summed E-state index contributed by atoms with van der Waals surface area (Å²) in [6.07, 6.45) is 7.34. The van der Waals surface area contributed by atoms with Crippen molar-refractivity contribution in [1.29, 1.82) is 0 Å². The average Bonchev–Trinajstić information content (AvgIpc) is 2.69. The van der Waals surface area contributed by atoms with Gasteiger partial charge < -0.3 is 10.6 Å². The minimum atomic E-state index is 0.0876. The van der Waals surface area contributed by atoms with Crippen LogP contribution in [-0.4, -0.2) is 24.5 Å². The molecular weight excluding hydrogens is 188 g/mol. The van der Waals surface area contributed by atoms with Crippen LogP contribution in [-0.2, 0) is 4.79 Å². The highest BCUT2D eigenvalue weighted by Crippen LogP contribution is 2.33. The standard InChI is InChI=1S/C12H22N2O/c1-2-7-13-12(15)11-8-9-5-3-4-6-10(9)14-11/h9-11,14H,2-8H2,1H3,(H,13,15)/t9-,10-,11-/m0/s1. The third kappa shape index (κ3) is 2.51. The Labute approximate surface area is 92.0 Å². The highest BCUT2D eigenvalue weighted by Gasteiger charge is 2.37. The normalized spacial score (nSPS) is 34.9. The molecule has 0 radical (unpaired) electrons. The van der Waals surface area contributed by atoms with Crippen molar-refractivity contribution in [3.05, 3.63) is 0 Å². The van der Waals surface area contributed by atoms with Gasteiger partial charge in [0.25, 0.3) is 0 Å². The number of carbonyl (C=O) groups is 1. The van der Waals surface area contributed by atoms with Crippen LogP contribution in [0.15, 0.2) is 0 Å². The maximum atomic E-state index is 11.8. The van der Waals surface area contributed by atoms with Crippen molar-refractivity contribution in [2.75, 3.05) is 6.54 Å². The zero-order valence-electron chi connectivity index (χ0n) is 9.59. The molecule has 0 spiro atoms. The van der Waals surface area contributed by atoms with Crippen LogP contribution in [0.2, 0.25) is 0 Å². The van der Waals surface area contributed by atoms with Gasteiger partial charge in [0.05, 0.1) is 6.04 Å². The van der Waals surface area contributed by atoms with Crippen molar-refractivity contribution in [2.24, 2.45) is 5.92 Å². The van der Waals surface area contributed by atoms with Crippen LogP contribution >= 0.6 is 0 Å². The van der Waals surface area contributed by atoms with E-state index in [1.165, 1.54) is 25.7 Å². The molecule has 1 heterocycles. The summed E-state index contributed by atoms with van der Waals surface area (Å²) in [6.45, 7) is 2.90. The summed E-state index contributed by atoms with van der Waals surface area (Å²) in [7, 11) is 0. The van der Waals surface area contributed by atoms with Gasteiger partial charge in [-0.3, -0.25) is 4.79 Å². The van der Waals surface area contributed by atoms with Gasteiger partial charge in [-0.25, -0.2) is 0 Å². The van der Waals surface area contributed by atoms with Gasteiger partial charge in [0.15, 0.2) is 0 Å². The van der Waals surface area contributed by atoms with Gasteiger partial charge in [-0.1, -0.05) is 19.8 Å². The van der Waals surface area contributed by atoms with Gasteiger partial charge in [0.2, 0.25) is 5.91 Å². The molecule has 1 saturated heterocycles. The lowest BCUT2D eigenvalue weighted by Gasteiger charge is -2.24. The number of nitrogens with one attached hydrogen (secondary N) is 2. The maximum absolute atomic E-state index is 11.8. The second kappa shape index (κ2) is 4.97. The fourth-order valence-corrected chi connectivity index (χ4v) is 2.89. The van der Waals surface area contributed by atoms with Crippen LogP contribution in [0.25, 0.3) is 0 Å². The third-order valence-corrected chi connectivity index (χ3v) is 3.73. The first-order valence-electron chi connectivity index (χ1n) is 6.35. The first-order valence-corrected chi connectivity index (χ1v) is 6.35. The fourth-order valence-electron chi connectivity index (χ4n) is 2.89. The van der Waals surface area contributed by atoms with Crippen LogP contribution in [0.3, 0.4) is 0 Å². The fraction of sp³-hybridized carbons (Fsp3) is 0.917. The summed E-state index contributed by atoms with van der Waals surface area (Å²) in [6, 6.07) is 0.709. The van der Waals surface area contributed by atoms with E-state index in [0.29, 0.717) is 6.04 Å². The van der Waals surface area contributed by atoms with E-state index in [-0.39, 0.29) is 11.9 Å². The minimum Gasteiger partial charge on any atom is -0.355 e. The number of hydrogen-bond acceptors (Lipinski definition) is 2. The van der Waals surface area contributed by atoms with Crippen molar-refractivity contribution in [3.63, 3.8) is 0 Å². The van der Waals surface area contributed by atoms with Gasteiger partial charge >= 0.3 is 0 Å². The van der Waals surface area contributed by atoms with Gasteiger partial charge in [0, 0.05) is 12.6 Å². The molecule has 86 valence electrons. The van der Waals surface area contributed by atoms with Crippen LogP contribution in [0.5, 0.6) is 0 Å². The van der Waals surface area contributed by atoms with E-state index in [2.05, 4.69) is 17.6 Å². The van der Waals surface area contributed by atoms with E-state index in [1.807, 2.05) is 0 Å². The molecule has 0 aromatic carbocycles. The van der Waals surface area contributed by atoms with Crippen molar-refractivity contribution < 1.29 is 4.79 Å². The van der Waals surface area contributed by atoms with Crippen LogP contribution < -0.4 is 10.6 Å². The molecule has 0 bridgehead atoms. The third-order valence-electron chi connectivity index (χ3n) is 3.73. The molecule has 1 amide bonds. The molecule has 2 aliphatic rings. The van der Waals surface area contributed by atoms with E-state index in [9.17, 15) is 4.79 Å². The molecule has 0 unspecified atom stereocenters. The van der Waals surface area contributed by atoms with Crippen molar-refractivity contribution >= 4 is 5.91 Å². The summed E-state index contributed by atoms with van der Waals surface area (Å²) in [5, 5.41) is 6.47. The van der Waals surface area contributed by atoms with E-state index >= 15 is 0 Å². The summed E-state index contributed by atoms with van der Waals surface area (Å²) in [5.74, 6) is 0.974. The molecular formula is C12H22N2O. The topological polar surface area (TPSA) is 41.1 Å². The summed E-state index contributed by atoms with van der Waals surface area (Å²) in [4.78, 5) is 11.8. The van der Waals surface area contributed by atoms with E-state index < -0.39 is 0 Å². The van der Waals surface area contributed by atoms with E-state index in [0.717, 1.165) is 25.3 Å². The van der Waals surface area contributed by atoms with E-state index in [4.69, 9.17) is 0 Å². The number of carbonyl (C=O) groups excluding carboxylic acids is 1. The number of rotatable bonds is 3. The molecule has 3 heteroatoms. The van der Waals surface area contributed by atoms with Crippen molar-refractivity contribution in [3.8, 4) is 0 Å². The van der Waals surface area contributed by atoms with Gasteiger partial charge in [-0.2, -0.15) is 0 Å². The number of fused-ring (bicyclic) bond motifs is 1. The Hall–Kier alpha value is -0.570. The summed E-state index contributed by atoms with van der Waals surface area (Å²) >= 11 is 0. The molecule has 3 atom stereocenters. The zero-order valence-corrected chi connectivity index (χ0v) is 9.59. The predicted octanol–water partition coefficient (Wildman–Crippen LogP) is 1.43. The maximum Gasteiger partial charge on any atom is 0.237 e. The molecule has 1 aliphatic heterocycles. The molecule has 0 aromatic rings. The van der Waals surface area contributed by atoms with E-state index in [1.54, 1.807) is 0 Å². The number of amides is 1. The lowest BCUT2D eigenvalue weighted by Crippen LogP contribution is -2.43. The smallest absolute Gasteiger partial charge is 0.237 e. The molecule has 1 aliphatic carbocycles. The molecule has 3 nitrogen and oxygen atoms in total. The second-order valence-corrected chi connectivity index (χ2v) is 4.90. The minimum absolute atomic E-state index is 0.0876. The van der Waals surface area contributed by atoms with Gasteiger partial charge in [0.1, 0.15) is 0 Å². The largest absolute Gasteiger partial charge is 0.355 e. The lowest BCUT2D eigenvalue weighted by atomic mass is 9.85. The van der Waals surface area contributed by atoms with Gasteiger partial charge in [-0.05, 0) is 31.6 Å². The monoisotopic (exact) mass is 210 g/mol. The Morgan fingerprint density at radius 2 is 2.20 bits per heavy atom. The van der Waals surface area contributed by atoms with Crippen LogP contribution in [0, 0.1) is 5.92 Å².